The van der Waals surface area contributed by atoms with E-state index in [0.29, 0.717) is 0 Å². The molecular weight excluding hydrogens is 195 g/mol. The maximum absolute atomic E-state index is 7.57. The van der Waals surface area contributed by atoms with Crippen LogP contribution in [0.3, 0.4) is 0 Å². The van der Waals surface area contributed by atoms with Gasteiger partial charge in [-0.1, -0.05) is 75.8 Å². The van der Waals surface area contributed by atoms with Crippen LogP contribution in [-0.2, 0) is 0 Å². The minimum Gasteiger partial charge on any atom is -0.397 e. The standard InChI is InChI=1S/C12H23B.C2H6O/c1-3-7-11(8-4-1)13-12-9-5-2-6-10-12;1-2-3/h11-13H,1-10H2;3H,2H2,1H3. The Morgan fingerprint density at radius 2 is 1.12 bits per heavy atom. The highest BCUT2D eigenvalue weighted by Gasteiger charge is 2.21. The Kier molecular flexibility index (Phi) is 8.01. The van der Waals surface area contributed by atoms with Crippen molar-refractivity contribution in [2.75, 3.05) is 6.61 Å². The molecule has 0 aromatic carbocycles. The fraction of sp³-hybridized carbons (Fsp3) is 1.00. The number of hydrogen-bond acceptors (Lipinski definition) is 1. The molecule has 0 aromatic heterocycles. The van der Waals surface area contributed by atoms with Crippen LogP contribution in [0, 0.1) is 0 Å². The lowest BCUT2D eigenvalue weighted by atomic mass is 9.48. The molecule has 0 heterocycles. The fourth-order valence-corrected chi connectivity index (χ4v) is 3.32. The Balaban J connectivity index is 0.000000386. The summed E-state index contributed by atoms with van der Waals surface area (Å²) in [6.07, 6.45) is 15.3. The van der Waals surface area contributed by atoms with Crippen LogP contribution in [0.5, 0.6) is 0 Å². The van der Waals surface area contributed by atoms with Crippen molar-refractivity contribution in [3.8, 4) is 0 Å². The molecule has 0 aromatic rings. The van der Waals surface area contributed by atoms with Gasteiger partial charge in [-0.15, -0.1) is 0 Å². The molecule has 94 valence electrons. The van der Waals surface area contributed by atoms with Crippen molar-refractivity contribution in [2.24, 2.45) is 0 Å². The molecule has 1 N–H and O–H groups in total. The van der Waals surface area contributed by atoms with Gasteiger partial charge in [-0.05, 0) is 6.92 Å². The quantitative estimate of drug-likeness (QED) is 0.704. The van der Waals surface area contributed by atoms with Crippen molar-refractivity contribution in [3.63, 3.8) is 0 Å². The van der Waals surface area contributed by atoms with Gasteiger partial charge >= 0.3 is 0 Å². The van der Waals surface area contributed by atoms with Crippen LogP contribution in [0.15, 0.2) is 0 Å². The maximum Gasteiger partial charge on any atom is 0.127 e. The zero-order valence-corrected chi connectivity index (χ0v) is 11.1. The fourth-order valence-electron chi connectivity index (χ4n) is 3.32. The molecule has 2 aliphatic rings. The molecule has 16 heavy (non-hydrogen) atoms. The average Bonchev–Trinajstić information content (AvgIpc) is 2.33. The van der Waals surface area contributed by atoms with Crippen molar-refractivity contribution in [1.29, 1.82) is 0 Å². The molecule has 0 saturated heterocycles. The van der Waals surface area contributed by atoms with E-state index in [1.807, 2.05) is 0 Å². The van der Waals surface area contributed by atoms with Crippen LogP contribution < -0.4 is 0 Å². The van der Waals surface area contributed by atoms with E-state index in [9.17, 15) is 0 Å². The Bertz CT molecular complexity index is 133. The van der Waals surface area contributed by atoms with E-state index >= 15 is 0 Å². The first kappa shape index (κ1) is 14.1. The smallest absolute Gasteiger partial charge is 0.127 e. The van der Waals surface area contributed by atoms with Crippen molar-refractivity contribution in [2.45, 2.75) is 82.8 Å². The number of aliphatic hydroxyl groups excluding tert-OH is 1. The molecule has 2 fully saturated rings. The van der Waals surface area contributed by atoms with Gasteiger partial charge in [-0.25, -0.2) is 0 Å². The van der Waals surface area contributed by atoms with Crippen LogP contribution in [-0.4, -0.2) is 19.0 Å². The maximum atomic E-state index is 7.57. The topological polar surface area (TPSA) is 20.2 Å². The summed E-state index contributed by atoms with van der Waals surface area (Å²) in [6, 6.07) is 0. The van der Waals surface area contributed by atoms with Crippen molar-refractivity contribution < 1.29 is 5.11 Å². The SMILES string of the molecule is B(C1CCCCC1)C1CCCCC1.CCO. The second kappa shape index (κ2) is 9.10. The summed E-state index contributed by atoms with van der Waals surface area (Å²) in [6.45, 7) is 1.93. The van der Waals surface area contributed by atoms with Gasteiger partial charge in [0.1, 0.15) is 7.28 Å². The predicted octanol–water partition coefficient (Wildman–Crippen LogP) is 3.93. The molecule has 0 atom stereocenters. The van der Waals surface area contributed by atoms with E-state index in [2.05, 4.69) is 0 Å². The second-order valence-electron chi connectivity index (χ2n) is 5.56. The summed E-state index contributed by atoms with van der Waals surface area (Å²) in [5, 5.41) is 7.57. The zero-order valence-electron chi connectivity index (χ0n) is 11.1. The first-order chi connectivity index (χ1) is 7.86. The minimum absolute atomic E-state index is 0.250. The highest BCUT2D eigenvalue weighted by Crippen LogP contribution is 2.36. The third-order valence-corrected chi connectivity index (χ3v) is 4.12. The molecule has 0 amide bonds. The van der Waals surface area contributed by atoms with E-state index in [0.717, 1.165) is 11.6 Å². The van der Waals surface area contributed by atoms with Gasteiger partial charge in [0, 0.05) is 6.61 Å². The van der Waals surface area contributed by atoms with Gasteiger partial charge in [0.2, 0.25) is 0 Å². The summed E-state index contributed by atoms with van der Waals surface area (Å²) >= 11 is 0. The average molecular weight is 224 g/mol. The summed E-state index contributed by atoms with van der Waals surface area (Å²) in [5.74, 6) is 2.24. The van der Waals surface area contributed by atoms with Gasteiger partial charge in [0.15, 0.2) is 0 Å². The Morgan fingerprint density at radius 1 is 0.812 bits per heavy atom. The first-order valence-corrected chi connectivity index (χ1v) is 7.47. The highest BCUT2D eigenvalue weighted by atomic mass is 16.2. The van der Waals surface area contributed by atoms with E-state index in [4.69, 9.17) is 5.11 Å². The second-order valence-corrected chi connectivity index (χ2v) is 5.56. The summed E-state index contributed by atoms with van der Waals surface area (Å²) in [4.78, 5) is 0. The lowest BCUT2D eigenvalue weighted by molar-refractivity contribution is 0.318. The van der Waals surface area contributed by atoms with Crippen LogP contribution in [0.1, 0.15) is 71.1 Å². The van der Waals surface area contributed by atoms with E-state index in [1.165, 1.54) is 38.5 Å². The predicted molar refractivity (Wildman–Crippen MR) is 73.6 cm³/mol. The lowest BCUT2D eigenvalue weighted by Gasteiger charge is -2.27. The largest absolute Gasteiger partial charge is 0.397 e. The van der Waals surface area contributed by atoms with Crippen molar-refractivity contribution >= 4 is 7.28 Å². The van der Waals surface area contributed by atoms with Crippen LogP contribution in [0.25, 0.3) is 0 Å². The number of rotatable bonds is 2. The summed E-state index contributed by atoms with van der Waals surface area (Å²) in [7, 11) is 1.58. The third kappa shape index (κ3) is 5.93. The Hall–Kier alpha value is 0.0249. The monoisotopic (exact) mass is 224 g/mol. The number of hydrogen-bond donors (Lipinski definition) is 1. The van der Waals surface area contributed by atoms with Gasteiger partial charge in [0.05, 0.1) is 0 Å². The van der Waals surface area contributed by atoms with Gasteiger partial charge < -0.3 is 5.11 Å². The highest BCUT2D eigenvalue weighted by molar-refractivity contribution is 6.39. The first-order valence-electron chi connectivity index (χ1n) is 7.47. The molecule has 0 radical (unpaired) electrons. The van der Waals surface area contributed by atoms with Gasteiger partial charge in [-0.2, -0.15) is 0 Å². The Morgan fingerprint density at radius 3 is 1.44 bits per heavy atom. The van der Waals surface area contributed by atoms with Crippen LogP contribution in [0.4, 0.5) is 0 Å². The molecule has 2 rings (SSSR count). The summed E-state index contributed by atoms with van der Waals surface area (Å²) in [5.41, 5.74) is 0. The third-order valence-electron chi connectivity index (χ3n) is 4.12. The summed E-state index contributed by atoms with van der Waals surface area (Å²) < 4.78 is 0. The Labute approximate surface area is 102 Å². The van der Waals surface area contributed by atoms with E-state index < -0.39 is 0 Å². The van der Waals surface area contributed by atoms with Crippen LogP contribution >= 0.6 is 0 Å². The van der Waals surface area contributed by atoms with Gasteiger partial charge in [0.25, 0.3) is 0 Å². The lowest BCUT2D eigenvalue weighted by Crippen LogP contribution is -2.16. The zero-order chi connectivity index (χ0) is 11.6. The molecule has 0 unspecified atom stereocenters. The van der Waals surface area contributed by atoms with Crippen LogP contribution in [0.2, 0.25) is 11.6 Å². The molecule has 0 aliphatic heterocycles. The minimum atomic E-state index is 0.250. The molecule has 0 bridgehead atoms. The molecular formula is C14H29BO. The van der Waals surface area contributed by atoms with E-state index in [-0.39, 0.29) is 6.61 Å². The molecule has 2 aliphatic carbocycles. The normalized spacial score (nSPS) is 23.4. The van der Waals surface area contributed by atoms with Crippen molar-refractivity contribution in [1.82, 2.24) is 0 Å². The van der Waals surface area contributed by atoms with E-state index in [1.54, 1.807) is 39.9 Å². The molecule has 0 spiro atoms. The number of aliphatic hydroxyl groups is 1. The van der Waals surface area contributed by atoms with Crippen molar-refractivity contribution in [3.05, 3.63) is 0 Å². The van der Waals surface area contributed by atoms with Gasteiger partial charge in [-0.3, -0.25) is 0 Å². The molecule has 2 saturated carbocycles. The molecule has 1 nitrogen and oxygen atoms in total. The molecule has 2 heteroatoms.